The molecule has 2 aromatic carbocycles. The number of carbonyl (C=O) groups is 2. The second-order valence-electron chi connectivity index (χ2n) is 10.3. The van der Waals surface area contributed by atoms with Crippen LogP contribution in [0.3, 0.4) is 0 Å². The number of thiazole rings is 1. The smallest absolute Gasteiger partial charge is 0.255 e. The van der Waals surface area contributed by atoms with E-state index in [1.165, 1.54) is 22.3 Å². The highest BCUT2D eigenvalue weighted by atomic mass is 32.1. The predicted molar refractivity (Wildman–Crippen MR) is 148 cm³/mol. The SMILES string of the molecule is O=C(Nc1nccs1)C(c1ncn2c1CCC2)N1Cc2c(F)cc(-c3ccc(O[C@@H]4CCNC4)cc3)cc2C1=O. The molecule has 0 bridgehead atoms. The van der Waals surface area contributed by atoms with Gasteiger partial charge in [-0.05, 0) is 61.2 Å². The fourth-order valence-corrected chi connectivity index (χ4v) is 6.34. The monoisotopic (exact) mass is 558 g/mol. The lowest BCUT2D eigenvalue weighted by Gasteiger charge is -2.26. The van der Waals surface area contributed by atoms with Crippen LogP contribution >= 0.6 is 11.3 Å². The van der Waals surface area contributed by atoms with Crippen LogP contribution in [0.25, 0.3) is 11.1 Å². The molecule has 0 spiro atoms. The largest absolute Gasteiger partial charge is 0.489 e. The highest BCUT2D eigenvalue weighted by Gasteiger charge is 2.42. The van der Waals surface area contributed by atoms with Crippen molar-refractivity contribution in [3.05, 3.63) is 82.6 Å². The van der Waals surface area contributed by atoms with Crippen molar-refractivity contribution in [2.75, 3.05) is 18.4 Å². The van der Waals surface area contributed by atoms with E-state index in [2.05, 4.69) is 20.6 Å². The van der Waals surface area contributed by atoms with Crippen LogP contribution in [0.4, 0.5) is 9.52 Å². The molecule has 204 valence electrons. The van der Waals surface area contributed by atoms with Crippen molar-refractivity contribution in [2.24, 2.45) is 0 Å². The molecule has 7 rings (SSSR count). The Morgan fingerprint density at radius 3 is 2.85 bits per heavy atom. The van der Waals surface area contributed by atoms with Gasteiger partial charge in [0, 0.05) is 41.5 Å². The first kappa shape index (κ1) is 24.9. The van der Waals surface area contributed by atoms with Gasteiger partial charge in [0.25, 0.3) is 11.8 Å². The number of amides is 2. The van der Waals surface area contributed by atoms with Gasteiger partial charge in [0.2, 0.25) is 0 Å². The molecule has 11 heteroatoms. The zero-order valence-corrected chi connectivity index (χ0v) is 22.4. The summed E-state index contributed by atoms with van der Waals surface area (Å²) < 4.78 is 23.5. The van der Waals surface area contributed by atoms with Crippen molar-refractivity contribution in [3.63, 3.8) is 0 Å². The Bertz CT molecular complexity index is 1580. The summed E-state index contributed by atoms with van der Waals surface area (Å²) in [5.74, 6) is -0.542. The Morgan fingerprint density at radius 1 is 1.20 bits per heavy atom. The van der Waals surface area contributed by atoms with Crippen LogP contribution < -0.4 is 15.4 Å². The summed E-state index contributed by atoms with van der Waals surface area (Å²) >= 11 is 1.29. The first-order chi connectivity index (χ1) is 19.5. The van der Waals surface area contributed by atoms with Crippen LogP contribution in [0.15, 0.2) is 54.3 Å². The van der Waals surface area contributed by atoms with Gasteiger partial charge in [0.05, 0.1) is 18.6 Å². The number of benzene rings is 2. The van der Waals surface area contributed by atoms with Crippen LogP contribution in [-0.4, -0.2) is 50.4 Å². The maximum absolute atomic E-state index is 15.5. The second-order valence-corrected chi connectivity index (χ2v) is 11.2. The summed E-state index contributed by atoms with van der Waals surface area (Å²) in [4.78, 5) is 37.6. The van der Waals surface area contributed by atoms with E-state index in [4.69, 9.17) is 4.74 Å². The Hall–Kier alpha value is -4.09. The standard InChI is InChI=1S/C29H27FN6O3S/c30-23-13-18(17-3-5-19(6-4-17)39-20-7-8-31-14-20)12-21-22(23)15-36(28(21)38)26(27(37)34-29-32-9-11-40-29)25-24-2-1-10-35(24)16-33-25/h3-6,9,11-13,16,20,26,31H,1-2,7-8,10,14-15H2,(H,32,34,37)/t20-,26?/m1/s1. The Labute approximate surface area is 234 Å². The molecule has 2 amide bonds. The van der Waals surface area contributed by atoms with E-state index in [0.717, 1.165) is 55.9 Å². The molecule has 1 saturated heterocycles. The molecule has 0 radical (unpaired) electrons. The molecule has 0 saturated carbocycles. The lowest BCUT2D eigenvalue weighted by molar-refractivity contribution is -0.121. The maximum Gasteiger partial charge on any atom is 0.255 e. The number of fused-ring (bicyclic) bond motifs is 2. The van der Waals surface area contributed by atoms with Crippen molar-refractivity contribution in [1.29, 1.82) is 0 Å². The summed E-state index contributed by atoms with van der Waals surface area (Å²) in [6, 6.07) is 9.62. The number of carbonyl (C=O) groups excluding carboxylic acids is 2. The summed E-state index contributed by atoms with van der Waals surface area (Å²) in [7, 11) is 0. The van der Waals surface area contributed by atoms with E-state index in [1.807, 2.05) is 28.8 Å². The Morgan fingerprint density at radius 2 is 2.08 bits per heavy atom. The number of hydrogen-bond donors (Lipinski definition) is 2. The quantitative estimate of drug-likeness (QED) is 0.353. The van der Waals surface area contributed by atoms with E-state index < -0.39 is 23.7 Å². The molecular formula is C29H27FN6O3S. The van der Waals surface area contributed by atoms with Crippen LogP contribution in [0.5, 0.6) is 5.75 Å². The number of ether oxygens (including phenoxy) is 1. The molecule has 2 aromatic heterocycles. The van der Waals surface area contributed by atoms with Gasteiger partial charge in [-0.25, -0.2) is 14.4 Å². The molecule has 0 aliphatic carbocycles. The van der Waals surface area contributed by atoms with E-state index in [0.29, 0.717) is 16.4 Å². The first-order valence-electron chi connectivity index (χ1n) is 13.4. The average Bonchev–Trinajstić information content (AvgIpc) is 3.78. The number of rotatable bonds is 7. The van der Waals surface area contributed by atoms with Crippen molar-refractivity contribution < 1.29 is 18.7 Å². The topological polar surface area (TPSA) is 101 Å². The predicted octanol–water partition coefficient (Wildman–Crippen LogP) is 4.17. The summed E-state index contributed by atoms with van der Waals surface area (Å²) in [6.45, 7) is 2.56. The lowest BCUT2D eigenvalue weighted by Crippen LogP contribution is -2.38. The van der Waals surface area contributed by atoms with Gasteiger partial charge < -0.3 is 19.5 Å². The lowest BCUT2D eigenvalue weighted by atomic mass is 9.99. The number of imidazole rings is 1. The van der Waals surface area contributed by atoms with Gasteiger partial charge in [-0.15, -0.1) is 11.3 Å². The van der Waals surface area contributed by atoms with Crippen LogP contribution in [0.1, 0.15) is 46.2 Å². The van der Waals surface area contributed by atoms with E-state index in [9.17, 15) is 9.59 Å². The zero-order valence-electron chi connectivity index (χ0n) is 21.6. The molecule has 3 aliphatic heterocycles. The minimum atomic E-state index is -1.01. The minimum Gasteiger partial charge on any atom is -0.489 e. The number of anilines is 1. The molecule has 1 unspecified atom stereocenters. The summed E-state index contributed by atoms with van der Waals surface area (Å²) in [5, 5.41) is 8.29. The van der Waals surface area contributed by atoms with Gasteiger partial charge in [-0.3, -0.25) is 14.9 Å². The van der Waals surface area contributed by atoms with Crippen molar-refractivity contribution >= 4 is 28.3 Å². The molecule has 1 fully saturated rings. The number of nitrogens with one attached hydrogen (secondary N) is 2. The number of aromatic nitrogens is 3. The summed E-state index contributed by atoms with van der Waals surface area (Å²) in [6.07, 6.45) is 6.12. The second kappa shape index (κ2) is 10.1. The van der Waals surface area contributed by atoms with Crippen LogP contribution in [0, 0.1) is 5.82 Å². The fraction of sp³-hybridized carbons (Fsp3) is 0.310. The maximum atomic E-state index is 15.5. The van der Waals surface area contributed by atoms with E-state index >= 15 is 4.39 Å². The minimum absolute atomic E-state index is 0.0231. The highest BCUT2D eigenvalue weighted by Crippen LogP contribution is 2.38. The van der Waals surface area contributed by atoms with Gasteiger partial charge in [-0.1, -0.05) is 12.1 Å². The van der Waals surface area contributed by atoms with E-state index in [-0.39, 0.29) is 23.8 Å². The van der Waals surface area contributed by atoms with Gasteiger partial charge in [0.15, 0.2) is 11.2 Å². The number of aryl methyl sites for hydroxylation is 1. The number of nitrogens with zero attached hydrogens (tertiary/aromatic N) is 4. The normalized spacial score (nSPS) is 18.6. The number of hydrogen-bond acceptors (Lipinski definition) is 7. The summed E-state index contributed by atoms with van der Waals surface area (Å²) in [5.41, 5.74) is 3.36. The molecule has 3 aliphatic rings. The third-order valence-corrected chi connectivity index (χ3v) is 8.48. The molecule has 2 N–H and O–H groups in total. The average molecular weight is 559 g/mol. The van der Waals surface area contributed by atoms with Crippen molar-refractivity contribution in [2.45, 2.75) is 44.5 Å². The third-order valence-electron chi connectivity index (χ3n) is 7.79. The molecular weight excluding hydrogens is 531 g/mol. The van der Waals surface area contributed by atoms with Crippen molar-refractivity contribution in [3.8, 4) is 16.9 Å². The Kier molecular flexibility index (Phi) is 6.32. The molecule has 5 heterocycles. The first-order valence-corrected chi connectivity index (χ1v) is 14.3. The fourth-order valence-electron chi connectivity index (χ4n) is 5.81. The van der Waals surface area contributed by atoms with Gasteiger partial charge in [-0.2, -0.15) is 0 Å². The van der Waals surface area contributed by atoms with Crippen LogP contribution in [0.2, 0.25) is 0 Å². The van der Waals surface area contributed by atoms with E-state index in [1.54, 1.807) is 24.0 Å². The van der Waals surface area contributed by atoms with Gasteiger partial charge >= 0.3 is 0 Å². The molecule has 40 heavy (non-hydrogen) atoms. The molecule has 2 atom stereocenters. The van der Waals surface area contributed by atoms with Gasteiger partial charge in [0.1, 0.15) is 17.7 Å². The Balaban J connectivity index is 1.19. The number of halogens is 1. The molecule has 4 aromatic rings. The molecule has 9 nitrogen and oxygen atoms in total. The highest BCUT2D eigenvalue weighted by molar-refractivity contribution is 7.13. The van der Waals surface area contributed by atoms with Crippen molar-refractivity contribution in [1.82, 2.24) is 24.8 Å². The van der Waals surface area contributed by atoms with Crippen LogP contribution in [-0.2, 0) is 24.3 Å². The zero-order chi connectivity index (χ0) is 27.2. The third kappa shape index (κ3) is 4.44.